The molecule has 17 heavy (non-hydrogen) atoms. The normalized spacial score (nSPS) is 10.4. The second-order valence-corrected chi connectivity index (χ2v) is 3.79. The van der Waals surface area contributed by atoms with E-state index >= 15 is 0 Å². The number of aryl methyl sites for hydroxylation is 1. The van der Waals surface area contributed by atoms with Gasteiger partial charge in [0.05, 0.1) is 0 Å². The summed E-state index contributed by atoms with van der Waals surface area (Å²) >= 11 is 0. The molecule has 5 heteroatoms. The highest BCUT2D eigenvalue weighted by Gasteiger charge is 2.09. The molecule has 1 aromatic heterocycles. The number of anilines is 2. The van der Waals surface area contributed by atoms with E-state index in [1.54, 1.807) is 0 Å². The zero-order chi connectivity index (χ0) is 12.3. The molecule has 4 N–H and O–H groups in total. The molecule has 0 spiro atoms. The van der Waals surface area contributed by atoms with Crippen molar-refractivity contribution in [3.63, 3.8) is 0 Å². The summed E-state index contributed by atoms with van der Waals surface area (Å²) in [4.78, 5) is 11.8. The van der Waals surface area contributed by atoms with Crippen LogP contribution < -0.4 is 16.6 Å². The number of nitrogen functional groups attached to an aromatic ring is 1. The van der Waals surface area contributed by atoms with Gasteiger partial charge in [-0.05, 0) is 12.5 Å². The first-order valence-electron chi connectivity index (χ1n) is 5.58. The van der Waals surface area contributed by atoms with Gasteiger partial charge in [0.25, 0.3) is 5.56 Å². The molecule has 5 nitrogen and oxygen atoms in total. The van der Waals surface area contributed by atoms with Crippen LogP contribution >= 0.6 is 0 Å². The Morgan fingerprint density at radius 3 is 2.65 bits per heavy atom. The van der Waals surface area contributed by atoms with E-state index in [2.05, 4.69) is 10.4 Å². The molecule has 2 rings (SSSR count). The summed E-state index contributed by atoms with van der Waals surface area (Å²) < 4.78 is 1.47. The van der Waals surface area contributed by atoms with Crippen molar-refractivity contribution in [3.05, 3.63) is 46.2 Å². The highest BCUT2D eigenvalue weighted by Crippen LogP contribution is 2.11. The smallest absolute Gasteiger partial charge is 0.292 e. The number of aromatic nitrogens is 2. The van der Waals surface area contributed by atoms with Crippen molar-refractivity contribution >= 4 is 11.5 Å². The van der Waals surface area contributed by atoms with Crippen LogP contribution in [0, 0.1) is 0 Å². The number of nitrogens with two attached hydrogens (primary N) is 1. The van der Waals surface area contributed by atoms with Gasteiger partial charge in [0.15, 0.2) is 0 Å². The van der Waals surface area contributed by atoms with E-state index in [4.69, 9.17) is 5.73 Å². The Kier molecular flexibility index (Phi) is 3.18. The molecule has 0 fully saturated rings. The van der Waals surface area contributed by atoms with Crippen molar-refractivity contribution in [2.75, 3.05) is 11.1 Å². The first kappa shape index (κ1) is 11.3. The lowest BCUT2D eigenvalue weighted by molar-refractivity contribution is 0.641. The molecule has 1 heterocycles. The highest BCUT2D eigenvalue weighted by atomic mass is 16.1. The van der Waals surface area contributed by atoms with E-state index in [1.165, 1.54) is 4.68 Å². The minimum absolute atomic E-state index is 0.110. The molecule has 0 aliphatic carbocycles. The number of aromatic amines is 1. The SMILES string of the molecule is CCn1[nH]c(N)c(NCc2ccccc2)c1=O. The Morgan fingerprint density at radius 1 is 1.35 bits per heavy atom. The molecule has 0 unspecified atom stereocenters. The third kappa shape index (κ3) is 2.33. The predicted molar refractivity (Wildman–Crippen MR) is 68.9 cm³/mol. The molecule has 0 amide bonds. The van der Waals surface area contributed by atoms with E-state index in [0.29, 0.717) is 24.6 Å². The van der Waals surface area contributed by atoms with Crippen LogP contribution in [0.1, 0.15) is 12.5 Å². The predicted octanol–water partition coefficient (Wildman–Crippen LogP) is 1.39. The van der Waals surface area contributed by atoms with Crippen molar-refractivity contribution in [2.24, 2.45) is 0 Å². The monoisotopic (exact) mass is 232 g/mol. The van der Waals surface area contributed by atoms with Crippen molar-refractivity contribution in [3.8, 4) is 0 Å². The Balaban J connectivity index is 2.15. The minimum atomic E-state index is -0.110. The molecular weight excluding hydrogens is 216 g/mol. The maximum absolute atomic E-state index is 11.8. The number of nitrogens with zero attached hydrogens (tertiary/aromatic N) is 1. The topological polar surface area (TPSA) is 75.8 Å². The number of nitrogens with one attached hydrogen (secondary N) is 2. The van der Waals surface area contributed by atoms with Crippen LogP contribution in [0.4, 0.5) is 11.5 Å². The lowest BCUT2D eigenvalue weighted by Crippen LogP contribution is -2.18. The summed E-state index contributed by atoms with van der Waals surface area (Å²) in [5.41, 5.74) is 7.18. The Bertz CT molecular complexity index is 541. The van der Waals surface area contributed by atoms with Gasteiger partial charge in [-0.25, -0.2) is 4.68 Å². The average molecular weight is 232 g/mol. The van der Waals surface area contributed by atoms with Gasteiger partial charge in [-0.1, -0.05) is 30.3 Å². The number of rotatable bonds is 4. The Labute approximate surface area is 99.2 Å². The lowest BCUT2D eigenvalue weighted by atomic mass is 10.2. The molecule has 1 aromatic carbocycles. The third-order valence-corrected chi connectivity index (χ3v) is 2.61. The fourth-order valence-corrected chi connectivity index (χ4v) is 1.68. The van der Waals surface area contributed by atoms with E-state index in [-0.39, 0.29) is 5.56 Å². The molecule has 0 bridgehead atoms. The number of hydrogen-bond acceptors (Lipinski definition) is 3. The van der Waals surface area contributed by atoms with E-state index in [1.807, 2.05) is 37.3 Å². The fraction of sp³-hybridized carbons (Fsp3) is 0.250. The summed E-state index contributed by atoms with van der Waals surface area (Å²) in [5, 5.41) is 5.88. The zero-order valence-corrected chi connectivity index (χ0v) is 9.73. The third-order valence-electron chi connectivity index (χ3n) is 2.61. The van der Waals surface area contributed by atoms with Crippen LogP contribution in [0.5, 0.6) is 0 Å². The average Bonchev–Trinajstić information content (AvgIpc) is 2.63. The summed E-state index contributed by atoms with van der Waals surface area (Å²) in [6.07, 6.45) is 0. The van der Waals surface area contributed by atoms with Gasteiger partial charge < -0.3 is 11.1 Å². The molecule has 2 aromatic rings. The molecule has 90 valence electrons. The van der Waals surface area contributed by atoms with Crippen LogP contribution in [0.15, 0.2) is 35.1 Å². The summed E-state index contributed by atoms with van der Waals surface area (Å²) in [7, 11) is 0. The van der Waals surface area contributed by atoms with Gasteiger partial charge in [0, 0.05) is 13.1 Å². The molecule has 0 radical (unpaired) electrons. The zero-order valence-electron chi connectivity index (χ0n) is 9.73. The van der Waals surface area contributed by atoms with E-state index < -0.39 is 0 Å². The van der Waals surface area contributed by atoms with E-state index in [0.717, 1.165) is 5.56 Å². The van der Waals surface area contributed by atoms with E-state index in [9.17, 15) is 4.79 Å². The maximum Gasteiger partial charge on any atom is 0.292 e. The quantitative estimate of drug-likeness (QED) is 0.745. The van der Waals surface area contributed by atoms with Gasteiger partial charge in [0.2, 0.25) is 0 Å². The van der Waals surface area contributed by atoms with Crippen LogP contribution in [-0.2, 0) is 13.1 Å². The van der Waals surface area contributed by atoms with Crippen molar-refractivity contribution in [2.45, 2.75) is 20.0 Å². The van der Waals surface area contributed by atoms with Crippen molar-refractivity contribution in [1.82, 2.24) is 9.78 Å². The molecule has 0 saturated heterocycles. The van der Waals surface area contributed by atoms with Crippen LogP contribution in [0.2, 0.25) is 0 Å². The number of benzene rings is 1. The van der Waals surface area contributed by atoms with Gasteiger partial charge in [0.1, 0.15) is 11.5 Å². The molecule has 0 aliphatic heterocycles. The first-order chi connectivity index (χ1) is 8.22. The van der Waals surface area contributed by atoms with Crippen molar-refractivity contribution in [1.29, 1.82) is 0 Å². The largest absolute Gasteiger partial charge is 0.382 e. The maximum atomic E-state index is 11.8. The Morgan fingerprint density at radius 2 is 2.06 bits per heavy atom. The van der Waals surface area contributed by atoms with Gasteiger partial charge >= 0.3 is 0 Å². The van der Waals surface area contributed by atoms with Crippen LogP contribution in [0.25, 0.3) is 0 Å². The standard InChI is InChI=1S/C12H16N4O/c1-2-16-12(17)10(11(13)15-16)14-8-9-6-4-3-5-7-9/h3-7,14-15H,2,8,13H2,1H3. The highest BCUT2D eigenvalue weighted by molar-refractivity contribution is 5.60. The van der Waals surface area contributed by atoms with Gasteiger partial charge in [-0.2, -0.15) is 0 Å². The van der Waals surface area contributed by atoms with Crippen molar-refractivity contribution < 1.29 is 0 Å². The molecule has 0 aliphatic rings. The molecule has 0 saturated carbocycles. The first-order valence-corrected chi connectivity index (χ1v) is 5.58. The van der Waals surface area contributed by atoms with Crippen LogP contribution in [-0.4, -0.2) is 9.78 Å². The van der Waals surface area contributed by atoms with Gasteiger partial charge in [-0.15, -0.1) is 0 Å². The summed E-state index contributed by atoms with van der Waals surface area (Å²) in [5.74, 6) is 0.382. The second-order valence-electron chi connectivity index (χ2n) is 3.79. The fourth-order valence-electron chi connectivity index (χ4n) is 1.68. The number of hydrogen-bond donors (Lipinski definition) is 3. The van der Waals surface area contributed by atoms with Crippen LogP contribution in [0.3, 0.4) is 0 Å². The minimum Gasteiger partial charge on any atom is -0.382 e. The molecular formula is C12H16N4O. The summed E-state index contributed by atoms with van der Waals surface area (Å²) in [6.45, 7) is 3.05. The lowest BCUT2D eigenvalue weighted by Gasteiger charge is -2.03. The Hall–Kier alpha value is -2.17. The second kappa shape index (κ2) is 4.78. The number of H-pyrrole nitrogens is 1. The summed E-state index contributed by atoms with van der Waals surface area (Å²) in [6, 6.07) is 9.87. The molecule has 0 atom stereocenters. The van der Waals surface area contributed by atoms with Gasteiger partial charge in [-0.3, -0.25) is 9.89 Å².